The Kier molecular flexibility index (Phi) is 3.27. The second-order valence-electron chi connectivity index (χ2n) is 6.05. The molecule has 4 rings (SSSR count). The molecule has 1 aromatic carbocycles. The maximum atomic E-state index is 12.3. The Hall–Kier alpha value is -2.47. The summed E-state index contributed by atoms with van der Waals surface area (Å²) >= 11 is 0. The van der Waals surface area contributed by atoms with Crippen molar-refractivity contribution < 1.29 is 9.53 Å². The number of hydrogen-bond acceptors (Lipinski definition) is 4. The molecule has 1 aromatic heterocycles. The van der Waals surface area contributed by atoms with Crippen LogP contribution in [-0.4, -0.2) is 40.0 Å². The Morgan fingerprint density at radius 2 is 2.13 bits per heavy atom. The molecule has 6 nitrogen and oxygen atoms in total. The third-order valence-electron chi connectivity index (χ3n) is 4.35. The van der Waals surface area contributed by atoms with E-state index in [1.165, 1.54) is 0 Å². The van der Waals surface area contributed by atoms with E-state index in [0.717, 1.165) is 36.4 Å². The summed E-state index contributed by atoms with van der Waals surface area (Å²) in [6.45, 7) is 3.19. The highest BCUT2D eigenvalue weighted by Gasteiger charge is 2.41. The van der Waals surface area contributed by atoms with Gasteiger partial charge in [-0.2, -0.15) is 0 Å². The van der Waals surface area contributed by atoms with Crippen molar-refractivity contribution in [3.63, 3.8) is 0 Å². The van der Waals surface area contributed by atoms with Crippen LogP contribution >= 0.6 is 0 Å². The topological polar surface area (TPSA) is 68.5 Å². The second-order valence-corrected chi connectivity index (χ2v) is 6.05. The molecule has 1 saturated heterocycles. The van der Waals surface area contributed by atoms with Crippen molar-refractivity contribution in [1.29, 1.82) is 0 Å². The molecule has 1 spiro atoms. The first-order valence-corrected chi connectivity index (χ1v) is 7.77. The van der Waals surface area contributed by atoms with Crippen molar-refractivity contribution in [2.45, 2.75) is 25.4 Å². The van der Waals surface area contributed by atoms with Gasteiger partial charge in [0.2, 0.25) is 0 Å². The van der Waals surface area contributed by atoms with Crippen LogP contribution in [0.4, 0.5) is 0 Å². The van der Waals surface area contributed by atoms with Gasteiger partial charge in [-0.15, -0.1) is 0 Å². The van der Waals surface area contributed by atoms with E-state index >= 15 is 0 Å². The monoisotopic (exact) mass is 310 g/mol. The smallest absolute Gasteiger partial charge is 0.272 e. The third kappa shape index (κ3) is 2.45. The maximum absolute atomic E-state index is 12.3. The second kappa shape index (κ2) is 5.31. The Labute approximate surface area is 134 Å². The highest BCUT2D eigenvalue weighted by molar-refractivity contribution is 6.46. The lowest BCUT2D eigenvalue weighted by atomic mass is 10.0. The molecule has 3 heterocycles. The van der Waals surface area contributed by atoms with Crippen molar-refractivity contribution in [3.05, 3.63) is 48.0 Å². The summed E-state index contributed by atoms with van der Waals surface area (Å²) in [7, 11) is 0. The molecule has 6 heteroatoms. The quantitative estimate of drug-likeness (QED) is 0.916. The summed E-state index contributed by atoms with van der Waals surface area (Å²) in [5, 5.41) is 2.99. The van der Waals surface area contributed by atoms with Crippen molar-refractivity contribution in [3.8, 4) is 5.69 Å². The summed E-state index contributed by atoms with van der Waals surface area (Å²) in [6, 6.07) is 7.80. The minimum atomic E-state index is -0.565. The highest BCUT2D eigenvalue weighted by Crippen LogP contribution is 2.26. The molecule has 1 N–H and O–H groups in total. The zero-order valence-electron chi connectivity index (χ0n) is 13.0. The van der Waals surface area contributed by atoms with Crippen LogP contribution in [0.2, 0.25) is 0 Å². The Morgan fingerprint density at radius 1 is 1.30 bits per heavy atom. The fourth-order valence-electron chi connectivity index (χ4n) is 3.14. The van der Waals surface area contributed by atoms with Gasteiger partial charge in [0.1, 0.15) is 5.71 Å². The van der Waals surface area contributed by atoms with E-state index in [0.29, 0.717) is 12.3 Å². The van der Waals surface area contributed by atoms with Crippen LogP contribution in [0.5, 0.6) is 0 Å². The van der Waals surface area contributed by atoms with E-state index in [1.54, 1.807) is 6.33 Å². The largest absolute Gasteiger partial charge is 0.377 e. The molecule has 118 valence electrons. The molecule has 2 aliphatic rings. The van der Waals surface area contributed by atoms with Crippen molar-refractivity contribution in [2.24, 2.45) is 4.99 Å². The summed E-state index contributed by atoms with van der Waals surface area (Å²) < 4.78 is 7.49. The first-order valence-electron chi connectivity index (χ1n) is 7.77. The van der Waals surface area contributed by atoms with Crippen molar-refractivity contribution in [2.75, 3.05) is 13.2 Å². The molecule has 2 aromatic rings. The number of aromatic nitrogens is 2. The zero-order chi connectivity index (χ0) is 15.9. The van der Waals surface area contributed by atoms with Gasteiger partial charge in [0, 0.05) is 29.7 Å². The van der Waals surface area contributed by atoms with Crippen LogP contribution in [0.1, 0.15) is 24.1 Å². The number of amides is 1. The van der Waals surface area contributed by atoms with Gasteiger partial charge in [0.15, 0.2) is 5.66 Å². The molecule has 0 bridgehead atoms. The van der Waals surface area contributed by atoms with Crippen LogP contribution < -0.4 is 5.32 Å². The number of benzene rings is 1. The lowest BCUT2D eigenvalue weighted by Crippen LogP contribution is -2.48. The van der Waals surface area contributed by atoms with E-state index in [4.69, 9.17) is 4.74 Å². The predicted octanol–water partition coefficient (Wildman–Crippen LogP) is 1.61. The number of nitrogens with zero attached hydrogens (tertiary/aromatic N) is 3. The number of rotatable bonds is 2. The van der Waals surface area contributed by atoms with Gasteiger partial charge in [-0.25, -0.2) is 9.98 Å². The van der Waals surface area contributed by atoms with Gasteiger partial charge in [0.05, 0.1) is 12.9 Å². The predicted molar refractivity (Wildman–Crippen MR) is 85.8 cm³/mol. The molecule has 1 unspecified atom stereocenters. The van der Waals surface area contributed by atoms with E-state index in [2.05, 4.69) is 15.3 Å². The van der Waals surface area contributed by atoms with E-state index in [1.807, 2.05) is 42.0 Å². The standard InChI is InChI=1S/C17H18N4O2/c1-12-9-18-11-21(12)14-5-3-13(4-6-14)15-16(22)20-17(19-15)7-2-8-23-10-17/h3-6,9,11H,2,7-8,10H2,1H3,(H,20,22). The molecule has 23 heavy (non-hydrogen) atoms. The maximum Gasteiger partial charge on any atom is 0.272 e. The van der Waals surface area contributed by atoms with Crippen molar-refractivity contribution in [1.82, 2.24) is 14.9 Å². The zero-order valence-corrected chi connectivity index (χ0v) is 13.0. The van der Waals surface area contributed by atoms with E-state index in [9.17, 15) is 4.79 Å². The number of aryl methyl sites for hydroxylation is 1. The molecular weight excluding hydrogens is 292 g/mol. The van der Waals surface area contributed by atoms with Crippen LogP contribution in [-0.2, 0) is 9.53 Å². The minimum absolute atomic E-state index is 0.123. The van der Waals surface area contributed by atoms with Gasteiger partial charge in [-0.05, 0) is 31.9 Å². The average Bonchev–Trinajstić information content (AvgIpc) is 3.12. The fourth-order valence-corrected chi connectivity index (χ4v) is 3.14. The molecule has 0 aliphatic carbocycles. The molecule has 0 radical (unpaired) electrons. The first-order chi connectivity index (χ1) is 11.2. The summed E-state index contributed by atoms with van der Waals surface area (Å²) in [5.74, 6) is -0.123. The molecular formula is C17H18N4O2. The number of hydrogen-bond donors (Lipinski definition) is 1. The Morgan fingerprint density at radius 3 is 2.78 bits per heavy atom. The summed E-state index contributed by atoms with van der Waals surface area (Å²) in [6.07, 6.45) is 5.33. The summed E-state index contributed by atoms with van der Waals surface area (Å²) in [5.41, 5.74) is 2.82. The molecule has 1 atom stereocenters. The molecule has 1 fully saturated rings. The van der Waals surface area contributed by atoms with E-state index in [-0.39, 0.29) is 5.91 Å². The minimum Gasteiger partial charge on any atom is -0.377 e. The SMILES string of the molecule is Cc1cncn1-c1ccc(C2=NC3(CCCOC3)NC2=O)cc1. The third-order valence-corrected chi connectivity index (χ3v) is 4.35. The number of ether oxygens (including phenoxy) is 1. The number of aliphatic imine (C=N–C) groups is 1. The van der Waals surface area contributed by atoms with Crippen molar-refractivity contribution >= 4 is 11.6 Å². The number of imidazole rings is 1. The summed E-state index contributed by atoms with van der Waals surface area (Å²) in [4.78, 5) is 21.1. The number of carbonyl (C=O) groups is 1. The van der Waals surface area contributed by atoms with Gasteiger partial charge >= 0.3 is 0 Å². The van der Waals surface area contributed by atoms with Gasteiger partial charge in [0.25, 0.3) is 5.91 Å². The fraction of sp³-hybridized carbons (Fsp3) is 0.353. The number of carbonyl (C=O) groups excluding carboxylic acids is 1. The Balaban J connectivity index is 1.64. The van der Waals surface area contributed by atoms with Gasteiger partial charge < -0.3 is 14.6 Å². The average molecular weight is 310 g/mol. The Bertz CT molecular complexity index is 770. The number of nitrogens with one attached hydrogen (secondary N) is 1. The lowest BCUT2D eigenvalue weighted by molar-refractivity contribution is -0.116. The molecule has 2 aliphatic heterocycles. The first kappa shape index (κ1) is 14.1. The van der Waals surface area contributed by atoms with Crippen LogP contribution in [0.25, 0.3) is 5.69 Å². The van der Waals surface area contributed by atoms with Gasteiger partial charge in [-0.3, -0.25) is 4.79 Å². The molecule has 0 saturated carbocycles. The highest BCUT2D eigenvalue weighted by atomic mass is 16.5. The van der Waals surface area contributed by atoms with Crippen LogP contribution in [0.15, 0.2) is 41.8 Å². The normalized spacial score (nSPS) is 23.9. The van der Waals surface area contributed by atoms with Gasteiger partial charge in [-0.1, -0.05) is 12.1 Å². The van der Waals surface area contributed by atoms with Crippen LogP contribution in [0, 0.1) is 6.92 Å². The van der Waals surface area contributed by atoms with E-state index < -0.39 is 5.66 Å². The lowest BCUT2D eigenvalue weighted by Gasteiger charge is -2.30. The van der Waals surface area contributed by atoms with Crippen LogP contribution in [0.3, 0.4) is 0 Å². The molecule has 1 amide bonds.